The first-order valence-corrected chi connectivity index (χ1v) is 3.98. The van der Waals surface area contributed by atoms with Gasteiger partial charge in [0.1, 0.15) is 0 Å². The number of H-pyrrole nitrogens is 1. The van der Waals surface area contributed by atoms with Crippen LogP contribution in [0.3, 0.4) is 0 Å². The van der Waals surface area contributed by atoms with Crippen LogP contribution in [0.1, 0.15) is 26.0 Å². The van der Waals surface area contributed by atoms with Crippen LogP contribution in [0.2, 0.25) is 0 Å². The number of aromatic nitrogens is 2. The molecule has 68 valence electrons. The van der Waals surface area contributed by atoms with Gasteiger partial charge in [0, 0.05) is 11.9 Å². The van der Waals surface area contributed by atoms with Crippen molar-refractivity contribution in [3.05, 3.63) is 18.2 Å². The van der Waals surface area contributed by atoms with Crippen molar-refractivity contribution < 1.29 is 9.90 Å². The van der Waals surface area contributed by atoms with E-state index in [1.54, 1.807) is 6.20 Å². The molecule has 4 heteroatoms. The minimum Gasteiger partial charge on any atom is -0.481 e. The lowest BCUT2D eigenvalue weighted by molar-refractivity contribution is -0.136. The highest BCUT2D eigenvalue weighted by Crippen LogP contribution is 1.95. The molecule has 1 heterocycles. The first-order chi connectivity index (χ1) is 5.79. The van der Waals surface area contributed by atoms with E-state index in [0.29, 0.717) is 6.42 Å². The molecule has 0 spiro atoms. The van der Waals surface area contributed by atoms with E-state index in [1.807, 2.05) is 13.8 Å². The molecule has 0 saturated carbocycles. The van der Waals surface area contributed by atoms with Crippen LogP contribution in [-0.2, 0) is 11.2 Å². The highest BCUT2D eigenvalue weighted by Gasteiger charge is 1.98. The number of aryl methyl sites for hydroxylation is 1. The van der Waals surface area contributed by atoms with E-state index in [2.05, 4.69) is 9.97 Å². The number of nitrogens with zero attached hydrogens (tertiary/aromatic N) is 1. The third kappa shape index (κ3) is 4.49. The number of carboxylic acid groups (broad SMARTS) is 1. The van der Waals surface area contributed by atoms with Gasteiger partial charge in [-0.1, -0.05) is 13.8 Å². The Kier molecular flexibility index (Phi) is 5.69. The third-order valence-electron chi connectivity index (χ3n) is 1.16. The van der Waals surface area contributed by atoms with Crippen LogP contribution in [-0.4, -0.2) is 21.0 Å². The minimum absolute atomic E-state index is 0.155. The highest BCUT2D eigenvalue weighted by atomic mass is 16.4. The summed E-state index contributed by atoms with van der Waals surface area (Å²) in [5.74, 6) is -0.783. The SMILES string of the molecule is CC.O=C(O)CCc1cnc[nH]1. The van der Waals surface area contributed by atoms with Crippen molar-refractivity contribution in [3.63, 3.8) is 0 Å². The van der Waals surface area contributed by atoms with Gasteiger partial charge in [0.25, 0.3) is 0 Å². The third-order valence-corrected chi connectivity index (χ3v) is 1.16. The van der Waals surface area contributed by atoms with Gasteiger partial charge in [-0.2, -0.15) is 0 Å². The van der Waals surface area contributed by atoms with E-state index in [0.717, 1.165) is 5.69 Å². The van der Waals surface area contributed by atoms with E-state index in [4.69, 9.17) is 5.11 Å². The molecule has 1 aromatic rings. The van der Waals surface area contributed by atoms with Gasteiger partial charge >= 0.3 is 5.97 Å². The first kappa shape index (κ1) is 10.7. The quantitative estimate of drug-likeness (QED) is 0.721. The molecule has 1 aromatic heterocycles. The average Bonchev–Trinajstić information content (AvgIpc) is 2.56. The Hall–Kier alpha value is -1.32. The number of aliphatic carboxylic acids is 1. The van der Waals surface area contributed by atoms with Crippen LogP contribution in [0, 0.1) is 0 Å². The Balaban J connectivity index is 0.000000561. The van der Waals surface area contributed by atoms with Gasteiger partial charge in [-0.3, -0.25) is 4.79 Å². The second-order valence-corrected chi connectivity index (χ2v) is 1.97. The van der Waals surface area contributed by atoms with Gasteiger partial charge in [-0.25, -0.2) is 4.98 Å². The molecular weight excluding hydrogens is 156 g/mol. The fourth-order valence-electron chi connectivity index (χ4n) is 0.663. The molecule has 0 aromatic carbocycles. The molecule has 1 rings (SSSR count). The molecule has 0 aliphatic heterocycles. The summed E-state index contributed by atoms with van der Waals surface area (Å²) in [4.78, 5) is 16.6. The van der Waals surface area contributed by atoms with Gasteiger partial charge in [0.05, 0.1) is 12.7 Å². The topological polar surface area (TPSA) is 66.0 Å². The van der Waals surface area contributed by atoms with Crippen LogP contribution in [0.25, 0.3) is 0 Å². The maximum atomic E-state index is 10.1. The zero-order valence-electron chi connectivity index (χ0n) is 7.37. The summed E-state index contributed by atoms with van der Waals surface area (Å²) in [6, 6.07) is 0. The van der Waals surface area contributed by atoms with Gasteiger partial charge in [0.2, 0.25) is 0 Å². The lowest BCUT2D eigenvalue weighted by Crippen LogP contribution is -1.97. The minimum atomic E-state index is -0.783. The van der Waals surface area contributed by atoms with Gasteiger partial charge in [-0.15, -0.1) is 0 Å². The van der Waals surface area contributed by atoms with E-state index >= 15 is 0 Å². The molecule has 4 nitrogen and oxygen atoms in total. The summed E-state index contributed by atoms with van der Waals surface area (Å²) in [6.07, 6.45) is 3.84. The predicted octanol–water partition coefficient (Wildman–Crippen LogP) is 1.45. The zero-order valence-corrected chi connectivity index (χ0v) is 7.37. The number of carbonyl (C=O) groups is 1. The predicted molar refractivity (Wildman–Crippen MR) is 45.9 cm³/mol. The van der Waals surface area contributed by atoms with Gasteiger partial charge in [-0.05, 0) is 6.42 Å². The number of imidazole rings is 1. The van der Waals surface area contributed by atoms with Crippen LogP contribution >= 0.6 is 0 Å². The fourth-order valence-corrected chi connectivity index (χ4v) is 0.663. The molecule has 0 saturated heterocycles. The van der Waals surface area contributed by atoms with Gasteiger partial charge in [0.15, 0.2) is 0 Å². The molecule has 0 amide bonds. The number of carboxylic acids is 1. The van der Waals surface area contributed by atoms with Crippen LogP contribution in [0.4, 0.5) is 0 Å². The number of rotatable bonds is 3. The zero-order chi connectivity index (χ0) is 9.40. The highest BCUT2D eigenvalue weighted by molar-refractivity contribution is 5.66. The normalized spacial score (nSPS) is 8.50. The van der Waals surface area contributed by atoms with E-state index in [-0.39, 0.29) is 6.42 Å². The van der Waals surface area contributed by atoms with Crippen molar-refractivity contribution in [1.82, 2.24) is 9.97 Å². The smallest absolute Gasteiger partial charge is 0.303 e. The van der Waals surface area contributed by atoms with Crippen molar-refractivity contribution in [1.29, 1.82) is 0 Å². The second kappa shape index (κ2) is 6.39. The summed E-state index contributed by atoms with van der Waals surface area (Å²) in [5.41, 5.74) is 0.863. The molecule has 12 heavy (non-hydrogen) atoms. The Bertz CT molecular complexity index is 207. The summed E-state index contributed by atoms with van der Waals surface area (Å²) in [6.45, 7) is 4.00. The molecule has 0 aliphatic carbocycles. The monoisotopic (exact) mass is 170 g/mol. The van der Waals surface area contributed by atoms with Crippen LogP contribution < -0.4 is 0 Å². The van der Waals surface area contributed by atoms with Crippen LogP contribution in [0.5, 0.6) is 0 Å². The molecule has 0 bridgehead atoms. The lowest BCUT2D eigenvalue weighted by Gasteiger charge is -1.89. The van der Waals surface area contributed by atoms with Crippen molar-refractivity contribution in [3.8, 4) is 0 Å². The van der Waals surface area contributed by atoms with Crippen molar-refractivity contribution in [2.24, 2.45) is 0 Å². The standard InChI is InChI=1S/C6H8N2O2.C2H6/c9-6(10)2-1-5-3-7-4-8-5;1-2/h3-4H,1-2H2,(H,7,8)(H,9,10);1-2H3. The van der Waals surface area contributed by atoms with Gasteiger partial charge < -0.3 is 10.1 Å². The maximum Gasteiger partial charge on any atom is 0.303 e. The van der Waals surface area contributed by atoms with Crippen molar-refractivity contribution in [2.45, 2.75) is 26.7 Å². The molecule has 0 unspecified atom stereocenters. The maximum absolute atomic E-state index is 10.1. The molecule has 0 atom stereocenters. The second-order valence-electron chi connectivity index (χ2n) is 1.97. The van der Waals surface area contributed by atoms with Crippen molar-refractivity contribution in [2.75, 3.05) is 0 Å². The number of aromatic amines is 1. The molecule has 2 N–H and O–H groups in total. The average molecular weight is 170 g/mol. The molecule has 0 aliphatic rings. The molecular formula is C8H14N2O2. The largest absolute Gasteiger partial charge is 0.481 e. The Morgan fingerprint density at radius 1 is 1.67 bits per heavy atom. The van der Waals surface area contributed by atoms with E-state index in [1.165, 1.54) is 6.33 Å². The summed E-state index contributed by atoms with van der Waals surface area (Å²) in [7, 11) is 0. The Labute approximate surface area is 71.6 Å². The van der Waals surface area contributed by atoms with Crippen molar-refractivity contribution >= 4 is 5.97 Å². The van der Waals surface area contributed by atoms with Crippen LogP contribution in [0.15, 0.2) is 12.5 Å². The Morgan fingerprint density at radius 2 is 2.33 bits per heavy atom. The van der Waals surface area contributed by atoms with E-state index in [9.17, 15) is 4.79 Å². The Morgan fingerprint density at radius 3 is 2.75 bits per heavy atom. The fraction of sp³-hybridized carbons (Fsp3) is 0.500. The first-order valence-electron chi connectivity index (χ1n) is 3.98. The summed E-state index contributed by atoms with van der Waals surface area (Å²) in [5, 5.41) is 8.28. The number of nitrogens with one attached hydrogen (secondary N) is 1. The lowest BCUT2D eigenvalue weighted by atomic mass is 10.2. The molecule has 0 fully saturated rings. The number of hydrogen-bond donors (Lipinski definition) is 2. The summed E-state index contributed by atoms with van der Waals surface area (Å²) >= 11 is 0. The summed E-state index contributed by atoms with van der Waals surface area (Å²) < 4.78 is 0. The number of hydrogen-bond acceptors (Lipinski definition) is 2. The molecule has 0 radical (unpaired) electrons. The van der Waals surface area contributed by atoms with E-state index < -0.39 is 5.97 Å².